The molecule has 0 aliphatic rings. The molecule has 0 fully saturated rings. The maximum absolute atomic E-state index is 4.17. The summed E-state index contributed by atoms with van der Waals surface area (Å²) in [6.45, 7) is 4.26. The van der Waals surface area contributed by atoms with Crippen molar-refractivity contribution in [3.63, 3.8) is 0 Å². The first-order chi connectivity index (χ1) is 7.78. The third kappa shape index (κ3) is 2.63. The van der Waals surface area contributed by atoms with Gasteiger partial charge in [-0.15, -0.1) is 5.10 Å². The first-order valence-electron chi connectivity index (χ1n) is 5.23. The number of hydrogen-bond donors (Lipinski definition) is 1. The fourth-order valence-electron chi connectivity index (χ4n) is 1.36. The molecule has 0 aliphatic heterocycles. The van der Waals surface area contributed by atoms with E-state index in [1.165, 1.54) is 0 Å². The Balaban J connectivity index is 1.79. The van der Waals surface area contributed by atoms with Crippen LogP contribution in [0.5, 0.6) is 0 Å². The summed E-state index contributed by atoms with van der Waals surface area (Å²) >= 11 is 0. The normalized spacial score (nSPS) is 10.9. The van der Waals surface area contributed by atoms with E-state index in [4.69, 9.17) is 0 Å². The molecule has 7 heteroatoms. The molecule has 0 radical (unpaired) electrons. The van der Waals surface area contributed by atoms with Crippen molar-refractivity contribution >= 4 is 0 Å². The molecule has 2 aromatic heterocycles. The van der Waals surface area contributed by atoms with Crippen LogP contribution in [0.3, 0.4) is 0 Å². The first kappa shape index (κ1) is 10.7. The smallest absolute Gasteiger partial charge is 0.0964 e. The van der Waals surface area contributed by atoms with Crippen molar-refractivity contribution in [1.29, 1.82) is 0 Å². The second kappa shape index (κ2) is 4.84. The quantitative estimate of drug-likeness (QED) is 0.751. The van der Waals surface area contributed by atoms with Crippen LogP contribution in [-0.2, 0) is 26.7 Å². The Morgan fingerprint density at radius 3 is 2.75 bits per heavy atom. The molecule has 0 bridgehead atoms. The third-order valence-corrected chi connectivity index (χ3v) is 2.17. The summed E-state index contributed by atoms with van der Waals surface area (Å²) in [6.07, 6.45) is 3.68. The van der Waals surface area contributed by atoms with E-state index in [9.17, 15) is 0 Å². The minimum Gasteiger partial charge on any atom is -0.305 e. The lowest BCUT2D eigenvalue weighted by Gasteiger charge is -1.97. The molecule has 0 unspecified atom stereocenters. The van der Waals surface area contributed by atoms with Crippen LogP contribution >= 0.6 is 0 Å². The summed E-state index contributed by atoms with van der Waals surface area (Å²) in [5.41, 5.74) is 1.86. The Morgan fingerprint density at radius 2 is 2.12 bits per heavy atom. The van der Waals surface area contributed by atoms with Gasteiger partial charge in [0.1, 0.15) is 0 Å². The zero-order valence-electron chi connectivity index (χ0n) is 9.46. The van der Waals surface area contributed by atoms with Crippen LogP contribution in [0, 0.1) is 0 Å². The van der Waals surface area contributed by atoms with Gasteiger partial charge in [0.2, 0.25) is 0 Å². The lowest BCUT2D eigenvalue weighted by atomic mass is 10.4. The van der Waals surface area contributed by atoms with Gasteiger partial charge >= 0.3 is 0 Å². The van der Waals surface area contributed by atoms with E-state index in [0.29, 0.717) is 13.1 Å². The summed E-state index contributed by atoms with van der Waals surface area (Å²) in [7, 11) is 1.80. The minimum atomic E-state index is 0.687. The SMILES string of the molecule is CCn1cc(CNCc2cnn(C)n2)nn1. The van der Waals surface area contributed by atoms with Crippen LogP contribution in [0.1, 0.15) is 18.3 Å². The van der Waals surface area contributed by atoms with Gasteiger partial charge in [-0.3, -0.25) is 4.68 Å². The molecule has 0 aliphatic carbocycles. The van der Waals surface area contributed by atoms with Crippen molar-refractivity contribution in [2.24, 2.45) is 7.05 Å². The summed E-state index contributed by atoms with van der Waals surface area (Å²) in [4.78, 5) is 1.55. The van der Waals surface area contributed by atoms with Crippen LogP contribution in [0.15, 0.2) is 12.4 Å². The first-order valence-corrected chi connectivity index (χ1v) is 5.23. The van der Waals surface area contributed by atoms with Gasteiger partial charge in [-0.1, -0.05) is 5.21 Å². The Kier molecular flexibility index (Phi) is 3.25. The van der Waals surface area contributed by atoms with Gasteiger partial charge in [-0.2, -0.15) is 15.0 Å². The van der Waals surface area contributed by atoms with E-state index in [2.05, 4.69) is 25.8 Å². The van der Waals surface area contributed by atoms with E-state index >= 15 is 0 Å². The maximum Gasteiger partial charge on any atom is 0.0964 e. The zero-order valence-corrected chi connectivity index (χ0v) is 9.46. The number of rotatable bonds is 5. The van der Waals surface area contributed by atoms with E-state index in [0.717, 1.165) is 17.9 Å². The fraction of sp³-hybridized carbons (Fsp3) is 0.556. The number of hydrogen-bond acceptors (Lipinski definition) is 5. The van der Waals surface area contributed by atoms with Crippen LogP contribution in [0.2, 0.25) is 0 Å². The van der Waals surface area contributed by atoms with Crippen molar-refractivity contribution < 1.29 is 0 Å². The lowest BCUT2D eigenvalue weighted by molar-refractivity contribution is 0.617. The highest BCUT2D eigenvalue weighted by Crippen LogP contribution is 1.94. The molecule has 1 N–H and O–H groups in total. The average molecular weight is 221 g/mol. The lowest BCUT2D eigenvalue weighted by Crippen LogP contribution is -2.13. The molecule has 2 rings (SSSR count). The number of aromatic nitrogens is 6. The van der Waals surface area contributed by atoms with Crippen LogP contribution in [0.25, 0.3) is 0 Å². The van der Waals surface area contributed by atoms with Crippen molar-refractivity contribution in [3.05, 3.63) is 23.8 Å². The topological polar surface area (TPSA) is 73.5 Å². The molecule has 2 heterocycles. The van der Waals surface area contributed by atoms with Crippen molar-refractivity contribution in [2.45, 2.75) is 26.6 Å². The molecule has 0 saturated carbocycles. The summed E-state index contributed by atoms with van der Waals surface area (Å²) < 4.78 is 1.80. The highest BCUT2D eigenvalue weighted by molar-refractivity contribution is 4.94. The molecular weight excluding hydrogens is 206 g/mol. The molecule has 2 aromatic rings. The average Bonchev–Trinajstić information content (AvgIpc) is 2.88. The van der Waals surface area contributed by atoms with Gasteiger partial charge < -0.3 is 5.32 Å². The number of nitrogens with zero attached hydrogens (tertiary/aromatic N) is 6. The molecule has 0 atom stereocenters. The second-order valence-electron chi connectivity index (χ2n) is 3.49. The third-order valence-electron chi connectivity index (χ3n) is 2.17. The Bertz CT molecular complexity index is 444. The van der Waals surface area contributed by atoms with Gasteiger partial charge in [-0.05, 0) is 6.92 Å². The molecule has 0 amide bonds. The van der Waals surface area contributed by atoms with E-state index in [1.54, 1.807) is 22.7 Å². The van der Waals surface area contributed by atoms with Gasteiger partial charge in [0, 0.05) is 32.9 Å². The predicted octanol–water partition coefficient (Wildman–Crippen LogP) is -0.284. The zero-order chi connectivity index (χ0) is 11.4. The van der Waals surface area contributed by atoms with Gasteiger partial charge in [0.25, 0.3) is 0 Å². The minimum absolute atomic E-state index is 0.687. The molecule has 16 heavy (non-hydrogen) atoms. The monoisotopic (exact) mass is 221 g/mol. The Labute approximate surface area is 93.5 Å². The molecule has 0 aromatic carbocycles. The predicted molar refractivity (Wildman–Crippen MR) is 57.2 cm³/mol. The largest absolute Gasteiger partial charge is 0.305 e. The van der Waals surface area contributed by atoms with E-state index in [1.807, 2.05) is 13.1 Å². The van der Waals surface area contributed by atoms with Crippen LogP contribution in [0.4, 0.5) is 0 Å². The van der Waals surface area contributed by atoms with Crippen LogP contribution in [-0.4, -0.2) is 30.0 Å². The van der Waals surface area contributed by atoms with E-state index < -0.39 is 0 Å². The molecular formula is C9H15N7. The summed E-state index contributed by atoms with van der Waals surface area (Å²) in [5, 5.41) is 19.4. The summed E-state index contributed by atoms with van der Waals surface area (Å²) in [6, 6.07) is 0. The standard InChI is InChI=1S/C9H15N7/c1-3-16-7-9(12-14-16)5-10-4-8-6-11-15(2)13-8/h6-7,10H,3-5H2,1-2H3. The van der Waals surface area contributed by atoms with Gasteiger partial charge in [-0.25, -0.2) is 0 Å². The summed E-state index contributed by atoms with van der Waals surface area (Å²) in [5.74, 6) is 0. The molecule has 7 nitrogen and oxygen atoms in total. The van der Waals surface area contributed by atoms with Crippen molar-refractivity contribution in [1.82, 2.24) is 35.3 Å². The molecule has 86 valence electrons. The van der Waals surface area contributed by atoms with E-state index in [-0.39, 0.29) is 0 Å². The van der Waals surface area contributed by atoms with Gasteiger partial charge in [0.05, 0.1) is 17.6 Å². The second-order valence-corrected chi connectivity index (χ2v) is 3.49. The van der Waals surface area contributed by atoms with Crippen LogP contribution < -0.4 is 5.32 Å². The Hall–Kier alpha value is -1.76. The Morgan fingerprint density at radius 1 is 1.31 bits per heavy atom. The van der Waals surface area contributed by atoms with Crippen molar-refractivity contribution in [2.75, 3.05) is 0 Å². The highest BCUT2D eigenvalue weighted by Gasteiger charge is 2.00. The molecule has 0 spiro atoms. The highest BCUT2D eigenvalue weighted by atomic mass is 15.5. The van der Waals surface area contributed by atoms with Crippen molar-refractivity contribution in [3.8, 4) is 0 Å². The number of aryl methyl sites for hydroxylation is 2. The maximum atomic E-state index is 4.17. The van der Waals surface area contributed by atoms with Gasteiger partial charge in [0.15, 0.2) is 0 Å². The number of nitrogens with one attached hydrogen (secondary N) is 1. The molecule has 0 saturated heterocycles. The fourth-order valence-corrected chi connectivity index (χ4v) is 1.36.